The van der Waals surface area contributed by atoms with Crippen molar-refractivity contribution in [1.82, 2.24) is 4.31 Å². The summed E-state index contributed by atoms with van der Waals surface area (Å²) >= 11 is 2.83. The van der Waals surface area contributed by atoms with Crippen molar-refractivity contribution in [2.75, 3.05) is 36.2 Å². The molecule has 0 radical (unpaired) electrons. The van der Waals surface area contributed by atoms with Gasteiger partial charge >= 0.3 is 0 Å². The van der Waals surface area contributed by atoms with Crippen molar-refractivity contribution in [3.8, 4) is 0 Å². The summed E-state index contributed by atoms with van der Waals surface area (Å²) in [7, 11) is -2.48. The Balaban J connectivity index is 1.71. The molecule has 0 atom stereocenters. The number of hydrogen-bond donors (Lipinski definition) is 2. The Morgan fingerprint density at radius 1 is 1.29 bits per heavy atom. The van der Waals surface area contributed by atoms with E-state index in [0.29, 0.717) is 16.3 Å². The second-order valence-corrected chi connectivity index (χ2v) is 9.98. The maximum absolute atomic E-state index is 12.8. The first-order valence-corrected chi connectivity index (χ1v) is 11.9. The number of sulfonamides is 1. The Kier molecular flexibility index (Phi) is 6.33. The van der Waals surface area contributed by atoms with Gasteiger partial charge in [0.2, 0.25) is 21.8 Å². The molecule has 28 heavy (non-hydrogen) atoms. The largest absolute Gasteiger partial charge is 0.325 e. The summed E-state index contributed by atoms with van der Waals surface area (Å²) in [5.41, 5.74) is 1.21. The molecule has 2 amide bonds. The third-order valence-corrected chi connectivity index (χ3v) is 7.59. The van der Waals surface area contributed by atoms with E-state index in [1.165, 1.54) is 30.9 Å². The Morgan fingerprint density at radius 2 is 2.07 bits per heavy atom. The van der Waals surface area contributed by atoms with E-state index >= 15 is 0 Å². The normalized spacial score (nSPS) is 13.8. The van der Waals surface area contributed by atoms with Gasteiger partial charge in [0.15, 0.2) is 0 Å². The lowest BCUT2D eigenvalue weighted by atomic mass is 10.3. The molecule has 2 N–H and O–H groups in total. The minimum Gasteiger partial charge on any atom is -0.325 e. The third kappa shape index (κ3) is 4.69. The second kappa shape index (κ2) is 8.56. The molecule has 7 nitrogen and oxygen atoms in total. The first kappa shape index (κ1) is 20.7. The Bertz CT molecular complexity index is 1020. The van der Waals surface area contributed by atoms with Crippen LogP contribution in [0.5, 0.6) is 0 Å². The molecule has 0 bridgehead atoms. The SMILES string of the molecule is CSc1cccc(NC(=O)CN(C)S(=O)(=O)c2ccc3c(c2)SCC(=O)N3)c1. The summed E-state index contributed by atoms with van der Waals surface area (Å²) in [6, 6.07) is 11.8. The number of amides is 2. The Labute approximate surface area is 172 Å². The molecular weight excluding hydrogens is 418 g/mol. The van der Waals surface area contributed by atoms with Crippen molar-refractivity contribution in [2.24, 2.45) is 0 Å². The number of nitrogens with zero attached hydrogens (tertiary/aromatic N) is 1. The minimum absolute atomic E-state index is 0.0783. The molecule has 2 aromatic rings. The zero-order chi connectivity index (χ0) is 20.3. The van der Waals surface area contributed by atoms with Crippen LogP contribution in [0.3, 0.4) is 0 Å². The first-order chi connectivity index (χ1) is 13.3. The molecule has 0 saturated carbocycles. The maximum Gasteiger partial charge on any atom is 0.243 e. The van der Waals surface area contributed by atoms with Gasteiger partial charge in [-0.15, -0.1) is 23.5 Å². The number of carbonyl (C=O) groups excluding carboxylic acids is 2. The number of fused-ring (bicyclic) bond motifs is 1. The van der Waals surface area contributed by atoms with Crippen molar-refractivity contribution in [2.45, 2.75) is 14.7 Å². The van der Waals surface area contributed by atoms with Gasteiger partial charge in [0, 0.05) is 22.5 Å². The number of nitrogens with one attached hydrogen (secondary N) is 2. The highest BCUT2D eigenvalue weighted by molar-refractivity contribution is 8.00. The van der Waals surface area contributed by atoms with Gasteiger partial charge in [0.05, 0.1) is 22.9 Å². The number of likely N-dealkylation sites (N-methyl/N-ethyl adjacent to an activating group) is 1. The predicted octanol–water partition coefficient (Wildman–Crippen LogP) is 2.71. The summed E-state index contributed by atoms with van der Waals surface area (Å²) in [6.07, 6.45) is 1.93. The van der Waals surface area contributed by atoms with E-state index in [1.807, 2.05) is 24.5 Å². The van der Waals surface area contributed by atoms with Crippen LogP contribution in [0, 0.1) is 0 Å². The standard InChI is InChI=1S/C18H19N3O4S3/c1-21(10-17(22)19-12-4-3-5-13(8-12)26-2)28(24,25)14-6-7-15-16(9-14)27-11-18(23)20-15/h3-9H,10-11H2,1-2H3,(H,19,22)(H,20,23). The monoisotopic (exact) mass is 437 g/mol. The fourth-order valence-corrected chi connectivity index (χ4v) is 5.12. The summed E-state index contributed by atoms with van der Waals surface area (Å²) < 4.78 is 26.6. The minimum atomic E-state index is -3.84. The predicted molar refractivity (Wildman–Crippen MR) is 112 cm³/mol. The summed E-state index contributed by atoms with van der Waals surface area (Å²) in [5.74, 6) is -0.305. The third-order valence-electron chi connectivity index (χ3n) is 4.01. The van der Waals surface area contributed by atoms with Crippen molar-refractivity contribution in [3.05, 3.63) is 42.5 Å². The molecule has 1 heterocycles. The van der Waals surface area contributed by atoms with Crippen LogP contribution < -0.4 is 10.6 Å². The number of carbonyl (C=O) groups is 2. The van der Waals surface area contributed by atoms with E-state index < -0.39 is 15.9 Å². The van der Waals surface area contributed by atoms with Crippen LogP contribution in [-0.4, -0.2) is 50.1 Å². The average molecular weight is 438 g/mol. The average Bonchev–Trinajstić information content (AvgIpc) is 2.67. The number of thioether (sulfide) groups is 2. The molecule has 0 saturated heterocycles. The first-order valence-electron chi connectivity index (χ1n) is 8.26. The highest BCUT2D eigenvalue weighted by atomic mass is 32.2. The molecule has 1 aliphatic heterocycles. The quantitative estimate of drug-likeness (QED) is 0.675. The zero-order valence-electron chi connectivity index (χ0n) is 15.3. The molecule has 3 rings (SSSR count). The van der Waals surface area contributed by atoms with Crippen molar-refractivity contribution >= 4 is 56.7 Å². The number of hydrogen-bond acceptors (Lipinski definition) is 6. The van der Waals surface area contributed by atoms with E-state index in [4.69, 9.17) is 0 Å². The zero-order valence-corrected chi connectivity index (χ0v) is 17.7. The summed E-state index contributed by atoms with van der Waals surface area (Å²) in [5, 5.41) is 5.42. The Hall–Kier alpha value is -2.01. The van der Waals surface area contributed by atoms with Crippen LogP contribution in [0.4, 0.5) is 11.4 Å². The van der Waals surface area contributed by atoms with Gasteiger partial charge in [0.25, 0.3) is 0 Å². The fraction of sp³-hybridized carbons (Fsp3) is 0.222. The van der Waals surface area contributed by atoms with Gasteiger partial charge in [-0.2, -0.15) is 4.31 Å². The van der Waals surface area contributed by atoms with Crippen molar-refractivity contribution in [1.29, 1.82) is 0 Å². The van der Waals surface area contributed by atoms with Gasteiger partial charge in [-0.1, -0.05) is 6.07 Å². The van der Waals surface area contributed by atoms with Crippen LogP contribution in [0.25, 0.3) is 0 Å². The summed E-state index contributed by atoms with van der Waals surface area (Å²) in [4.78, 5) is 25.5. The van der Waals surface area contributed by atoms with Gasteiger partial charge in [-0.25, -0.2) is 8.42 Å². The number of rotatable bonds is 6. The van der Waals surface area contributed by atoms with Crippen LogP contribution in [0.2, 0.25) is 0 Å². The molecule has 1 aliphatic rings. The number of anilines is 2. The molecule has 10 heteroatoms. The molecule has 148 valence electrons. The molecule has 0 fully saturated rings. The van der Waals surface area contributed by atoms with Gasteiger partial charge in [0.1, 0.15) is 0 Å². The lowest BCUT2D eigenvalue weighted by Gasteiger charge is -2.20. The molecule has 0 spiro atoms. The van der Waals surface area contributed by atoms with Crippen molar-refractivity contribution < 1.29 is 18.0 Å². The van der Waals surface area contributed by atoms with E-state index in [-0.39, 0.29) is 23.1 Å². The van der Waals surface area contributed by atoms with Crippen LogP contribution in [0.15, 0.2) is 57.2 Å². The highest BCUT2D eigenvalue weighted by Crippen LogP contribution is 2.33. The highest BCUT2D eigenvalue weighted by Gasteiger charge is 2.25. The number of benzene rings is 2. The van der Waals surface area contributed by atoms with E-state index in [1.54, 1.807) is 23.9 Å². The summed E-state index contributed by atoms with van der Waals surface area (Å²) in [6.45, 7) is -0.313. The van der Waals surface area contributed by atoms with Crippen LogP contribution in [-0.2, 0) is 19.6 Å². The van der Waals surface area contributed by atoms with Crippen LogP contribution >= 0.6 is 23.5 Å². The molecule has 0 aromatic heterocycles. The Morgan fingerprint density at radius 3 is 2.82 bits per heavy atom. The maximum atomic E-state index is 12.8. The van der Waals surface area contributed by atoms with E-state index in [9.17, 15) is 18.0 Å². The van der Waals surface area contributed by atoms with Crippen LogP contribution in [0.1, 0.15) is 0 Å². The lowest BCUT2D eigenvalue weighted by Crippen LogP contribution is -2.35. The molecule has 0 aliphatic carbocycles. The second-order valence-electron chi connectivity index (χ2n) is 6.04. The smallest absolute Gasteiger partial charge is 0.243 e. The lowest BCUT2D eigenvalue weighted by molar-refractivity contribution is -0.116. The molecule has 0 unspecified atom stereocenters. The topological polar surface area (TPSA) is 95.6 Å². The van der Waals surface area contributed by atoms with Crippen molar-refractivity contribution in [3.63, 3.8) is 0 Å². The molecule has 2 aromatic carbocycles. The van der Waals surface area contributed by atoms with E-state index in [2.05, 4.69) is 10.6 Å². The fourth-order valence-electron chi connectivity index (χ4n) is 2.58. The van der Waals surface area contributed by atoms with Gasteiger partial charge in [-0.05, 0) is 42.7 Å². The molecular formula is C18H19N3O4S3. The van der Waals surface area contributed by atoms with Gasteiger partial charge in [-0.3, -0.25) is 9.59 Å². The van der Waals surface area contributed by atoms with Gasteiger partial charge < -0.3 is 10.6 Å². The van der Waals surface area contributed by atoms with E-state index in [0.717, 1.165) is 9.20 Å².